The highest BCUT2D eigenvalue weighted by molar-refractivity contribution is 4.85. The van der Waals surface area contributed by atoms with E-state index in [-0.39, 0.29) is 0 Å². The maximum absolute atomic E-state index is 3.46. The van der Waals surface area contributed by atoms with Crippen LogP contribution in [0, 0.1) is 0 Å². The zero-order valence-electron chi connectivity index (χ0n) is 15.1. The van der Waals surface area contributed by atoms with E-state index in [9.17, 15) is 0 Å². The minimum atomic E-state index is 0.981. The van der Waals surface area contributed by atoms with Crippen LogP contribution in [-0.2, 0) is 0 Å². The van der Waals surface area contributed by atoms with Crippen molar-refractivity contribution < 1.29 is 0 Å². The van der Waals surface area contributed by atoms with E-state index in [0.29, 0.717) is 0 Å². The summed E-state index contributed by atoms with van der Waals surface area (Å²) in [4.78, 5) is 0. The molecule has 132 valence electrons. The molecule has 0 radical (unpaired) electrons. The van der Waals surface area contributed by atoms with Crippen LogP contribution >= 0.6 is 0 Å². The van der Waals surface area contributed by atoms with Crippen LogP contribution in [0.3, 0.4) is 0 Å². The molecule has 0 rings (SSSR count). The van der Waals surface area contributed by atoms with E-state index in [1.54, 1.807) is 0 Å². The van der Waals surface area contributed by atoms with Crippen LogP contribution in [0.1, 0.15) is 52.4 Å². The second-order valence-corrected chi connectivity index (χ2v) is 5.79. The summed E-state index contributed by atoms with van der Waals surface area (Å²) in [5.74, 6) is 0. The lowest BCUT2D eigenvalue weighted by Crippen LogP contribution is -2.23. The molecule has 0 spiro atoms. The highest BCUT2D eigenvalue weighted by atomic mass is 14.9. The van der Waals surface area contributed by atoms with Crippen LogP contribution in [0.25, 0.3) is 0 Å². The number of unbranched alkanes of at least 4 members (excludes halogenated alkanes) is 2. The molecule has 4 heteroatoms. The zero-order valence-corrected chi connectivity index (χ0v) is 15.1. The topological polar surface area (TPSA) is 48.1 Å². The molecule has 4 N–H and O–H groups in total. The van der Waals surface area contributed by atoms with Crippen LogP contribution < -0.4 is 21.3 Å². The van der Waals surface area contributed by atoms with Gasteiger partial charge in [-0.05, 0) is 65.0 Å². The molecule has 0 fully saturated rings. The summed E-state index contributed by atoms with van der Waals surface area (Å²) in [7, 11) is 0. The summed E-state index contributed by atoms with van der Waals surface area (Å²) in [6.45, 7) is 13.2. The minimum Gasteiger partial charge on any atom is -0.317 e. The van der Waals surface area contributed by atoms with Gasteiger partial charge in [0.05, 0.1) is 0 Å². The van der Waals surface area contributed by atoms with Gasteiger partial charge in [0, 0.05) is 13.1 Å². The standard InChI is InChI=1S/C18H40N4/c1-3-5-11-19-15-9-17-21-13-7-8-14-22-18-10-16-20-12-6-4-2/h7-8,19-22H,3-6,9-18H2,1-2H3. The summed E-state index contributed by atoms with van der Waals surface area (Å²) in [5.41, 5.74) is 0. The fourth-order valence-electron chi connectivity index (χ4n) is 2.07. The normalized spacial score (nSPS) is 11.5. The third-order valence-corrected chi connectivity index (χ3v) is 3.52. The summed E-state index contributed by atoms with van der Waals surface area (Å²) < 4.78 is 0. The summed E-state index contributed by atoms with van der Waals surface area (Å²) in [6, 6.07) is 0. The van der Waals surface area contributed by atoms with Gasteiger partial charge in [-0.3, -0.25) is 0 Å². The van der Waals surface area contributed by atoms with Crippen molar-refractivity contribution in [1.29, 1.82) is 0 Å². The lowest BCUT2D eigenvalue weighted by molar-refractivity contribution is 0.592. The summed E-state index contributed by atoms with van der Waals surface area (Å²) in [5, 5.41) is 13.8. The van der Waals surface area contributed by atoms with Gasteiger partial charge in [-0.2, -0.15) is 0 Å². The Morgan fingerprint density at radius 1 is 0.500 bits per heavy atom. The lowest BCUT2D eigenvalue weighted by atomic mass is 10.3. The Bertz CT molecular complexity index is 197. The van der Waals surface area contributed by atoms with Gasteiger partial charge in [-0.1, -0.05) is 38.8 Å². The molecule has 0 saturated heterocycles. The summed E-state index contributed by atoms with van der Waals surface area (Å²) >= 11 is 0. The third kappa shape index (κ3) is 19.6. The van der Waals surface area contributed by atoms with Crippen molar-refractivity contribution in [2.45, 2.75) is 52.4 Å². The molecular formula is C18H40N4. The van der Waals surface area contributed by atoms with Gasteiger partial charge in [0.15, 0.2) is 0 Å². The van der Waals surface area contributed by atoms with Crippen molar-refractivity contribution >= 4 is 0 Å². The molecular weight excluding hydrogens is 272 g/mol. The van der Waals surface area contributed by atoms with Crippen LogP contribution in [-0.4, -0.2) is 52.4 Å². The van der Waals surface area contributed by atoms with Gasteiger partial charge >= 0.3 is 0 Å². The Kier molecular flexibility index (Phi) is 20.2. The van der Waals surface area contributed by atoms with E-state index in [1.165, 1.54) is 38.5 Å². The highest BCUT2D eigenvalue weighted by Gasteiger charge is 1.89. The molecule has 4 nitrogen and oxygen atoms in total. The molecule has 0 unspecified atom stereocenters. The fourth-order valence-corrected chi connectivity index (χ4v) is 2.07. The van der Waals surface area contributed by atoms with Gasteiger partial charge in [0.25, 0.3) is 0 Å². The van der Waals surface area contributed by atoms with Crippen molar-refractivity contribution in [2.75, 3.05) is 52.4 Å². The highest BCUT2D eigenvalue weighted by Crippen LogP contribution is 1.83. The van der Waals surface area contributed by atoms with Gasteiger partial charge in [-0.15, -0.1) is 0 Å². The largest absolute Gasteiger partial charge is 0.317 e. The van der Waals surface area contributed by atoms with Crippen molar-refractivity contribution in [3.05, 3.63) is 12.2 Å². The van der Waals surface area contributed by atoms with Crippen molar-refractivity contribution in [3.63, 3.8) is 0 Å². The predicted molar refractivity (Wildman–Crippen MR) is 99.7 cm³/mol. The molecule has 0 amide bonds. The van der Waals surface area contributed by atoms with Gasteiger partial charge in [-0.25, -0.2) is 0 Å². The monoisotopic (exact) mass is 312 g/mol. The van der Waals surface area contributed by atoms with E-state index in [4.69, 9.17) is 0 Å². The molecule has 0 saturated carbocycles. The Morgan fingerprint density at radius 3 is 1.27 bits per heavy atom. The maximum Gasteiger partial charge on any atom is 0.0135 e. The van der Waals surface area contributed by atoms with E-state index >= 15 is 0 Å². The Morgan fingerprint density at radius 2 is 0.864 bits per heavy atom. The predicted octanol–water partition coefficient (Wildman–Crippen LogP) is 2.28. The molecule has 0 aromatic carbocycles. The van der Waals surface area contributed by atoms with Crippen LogP contribution in [0.2, 0.25) is 0 Å². The van der Waals surface area contributed by atoms with Crippen molar-refractivity contribution in [3.8, 4) is 0 Å². The number of hydrogen-bond donors (Lipinski definition) is 4. The second kappa shape index (κ2) is 20.6. The van der Waals surface area contributed by atoms with E-state index in [2.05, 4.69) is 47.3 Å². The average Bonchev–Trinajstić information content (AvgIpc) is 2.54. The molecule has 0 atom stereocenters. The third-order valence-electron chi connectivity index (χ3n) is 3.52. The number of hydrogen-bond acceptors (Lipinski definition) is 4. The summed E-state index contributed by atoms with van der Waals surface area (Å²) in [6.07, 6.45) is 12.0. The molecule has 0 aliphatic carbocycles. The van der Waals surface area contributed by atoms with E-state index in [0.717, 1.165) is 52.4 Å². The van der Waals surface area contributed by atoms with Crippen molar-refractivity contribution in [1.82, 2.24) is 21.3 Å². The first-order valence-electron chi connectivity index (χ1n) is 9.39. The van der Waals surface area contributed by atoms with E-state index in [1.807, 2.05) is 0 Å². The maximum atomic E-state index is 3.46. The lowest BCUT2D eigenvalue weighted by Gasteiger charge is -2.05. The first-order valence-corrected chi connectivity index (χ1v) is 9.39. The number of rotatable bonds is 18. The van der Waals surface area contributed by atoms with E-state index < -0.39 is 0 Å². The minimum absolute atomic E-state index is 0.981. The molecule has 0 bridgehead atoms. The molecule has 0 aliphatic rings. The van der Waals surface area contributed by atoms with Crippen LogP contribution in [0.15, 0.2) is 12.2 Å². The van der Waals surface area contributed by atoms with Gasteiger partial charge in [0.2, 0.25) is 0 Å². The van der Waals surface area contributed by atoms with Crippen LogP contribution in [0.4, 0.5) is 0 Å². The van der Waals surface area contributed by atoms with Gasteiger partial charge in [0.1, 0.15) is 0 Å². The Hall–Kier alpha value is -0.420. The Balaban J connectivity index is 3.03. The molecule has 0 aromatic rings. The fraction of sp³-hybridized carbons (Fsp3) is 0.889. The molecule has 22 heavy (non-hydrogen) atoms. The molecule has 0 aromatic heterocycles. The smallest absolute Gasteiger partial charge is 0.0135 e. The number of nitrogens with one attached hydrogen (secondary N) is 4. The van der Waals surface area contributed by atoms with Crippen molar-refractivity contribution in [2.24, 2.45) is 0 Å². The Labute approximate surface area is 138 Å². The van der Waals surface area contributed by atoms with Crippen LogP contribution in [0.5, 0.6) is 0 Å². The zero-order chi connectivity index (χ0) is 16.1. The second-order valence-electron chi connectivity index (χ2n) is 5.79. The van der Waals surface area contributed by atoms with Gasteiger partial charge < -0.3 is 21.3 Å². The first kappa shape index (κ1) is 21.6. The average molecular weight is 313 g/mol. The molecule has 0 heterocycles. The molecule has 0 aliphatic heterocycles. The first-order chi connectivity index (χ1) is 10.9. The quantitative estimate of drug-likeness (QED) is 0.232. The SMILES string of the molecule is CCCCNCCCNCC=CCNCCCNCCCC.